The van der Waals surface area contributed by atoms with Crippen LogP contribution in [0.2, 0.25) is 0 Å². The van der Waals surface area contributed by atoms with Gasteiger partial charge in [0.25, 0.3) is 0 Å². The molecule has 1 aromatic rings. The quantitative estimate of drug-likeness (QED) is 0.666. The van der Waals surface area contributed by atoms with Crippen molar-refractivity contribution < 1.29 is 14.6 Å². The molecule has 2 N–H and O–H groups in total. The average Bonchev–Trinajstić information content (AvgIpc) is 2.26. The van der Waals surface area contributed by atoms with Crippen molar-refractivity contribution in [2.75, 3.05) is 0 Å². The summed E-state index contributed by atoms with van der Waals surface area (Å²) in [5, 5.41) is 11.2. The maximum absolute atomic E-state index is 11.2. The van der Waals surface area contributed by atoms with Gasteiger partial charge in [0.1, 0.15) is 6.61 Å². The summed E-state index contributed by atoms with van der Waals surface area (Å²) in [5.41, 5.74) is 0.811. The Kier molecular flexibility index (Phi) is 5.33. The zero-order valence-corrected chi connectivity index (χ0v) is 10.8. The van der Waals surface area contributed by atoms with Crippen molar-refractivity contribution in [3.05, 3.63) is 35.9 Å². The Morgan fingerprint density at radius 1 is 1.35 bits per heavy atom. The molecule has 4 nitrogen and oxygen atoms in total. The first kappa shape index (κ1) is 14.4. The zero-order valence-electron chi connectivity index (χ0n) is 8.57. The van der Waals surface area contributed by atoms with Gasteiger partial charge >= 0.3 is 6.09 Å². The molecule has 94 valence electrons. The van der Waals surface area contributed by atoms with Gasteiger partial charge in [-0.05, 0) is 5.56 Å². The number of alkyl carbamates (subject to hydrolysis) is 1. The molecule has 7 heteroatoms. The predicted octanol–water partition coefficient (Wildman–Crippen LogP) is 2.60. The minimum Gasteiger partial charge on any atom is -0.445 e. The monoisotopic (exact) mass is 297 g/mol. The highest BCUT2D eigenvalue weighted by Gasteiger charge is 2.32. The number of aliphatic hydroxyl groups is 1. The summed E-state index contributed by atoms with van der Waals surface area (Å²) in [4.78, 5) is 11.2. The Bertz CT molecular complexity index is 367. The van der Waals surface area contributed by atoms with E-state index in [1.165, 1.54) is 0 Å². The van der Waals surface area contributed by atoms with Crippen molar-refractivity contribution in [2.24, 2.45) is 0 Å². The van der Waals surface area contributed by atoms with E-state index < -0.39 is 16.1 Å². The summed E-state index contributed by atoms with van der Waals surface area (Å²) in [6.07, 6.45) is -2.50. The molecule has 0 aliphatic carbocycles. The van der Waals surface area contributed by atoms with Crippen LogP contribution < -0.4 is 5.32 Å². The molecular formula is C10H10Cl3NO3. The summed E-state index contributed by atoms with van der Waals surface area (Å²) < 4.78 is 2.81. The summed E-state index contributed by atoms with van der Waals surface area (Å²) in [5.74, 6) is 0. The Morgan fingerprint density at radius 2 is 1.94 bits per heavy atom. The van der Waals surface area contributed by atoms with Crippen LogP contribution in [-0.2, 0) is 11.3 Å². The molecule has 0 fully saturated rings. The Hall–Kier alpha value is -0.680. The standard InChI is InChI=1S/C10H10Cl3NO3/c11-10(12,13)8(15)14-9(16)17-6-7-4-2-1-3-5-7/h1-5,8,15H,6H2,(H,14,16)/t8-/m0/s1. The second-order valence-corrected chi connectivity index (χ2v) is 5.52. The highest BCUT2D eigenvalue weighted by molar-refractivity contribution is 6.68. The van der Waals surface area contributed by atoms with Crippen LogP contribution in [0.3, 0.4) is 0 Å². The van der Waals surface area contributed by atoms with Crippen LogP contribution in [0.5, 0.6) is 0 Å². The fraction of sp³-hybridized carbons (Fsp3) is 0.300. The van der Waals surface area contributed by atoms with E-state index in [9.17, 15) is 9.90 Å². The van der Waals surface area contributed by atoms with Gasteiger partial charge in [0.05, 0.1) is 0 Å². The SMILES string of the molecule is O=C(N[C@@H](O)C(Cl)(Cl)Cl)OCc1ccccc1. The van der Waals surface area contributed by atoms with Crippen LogP contribution in [0.15, 0.2) is 30.3 Å². The molecule has 0 aliphatic heterocycles. The number of halogens is 3. The van der Waals surface area contributed by atoms with Crippen molar-refractivity contribution >= 4 is 40.9 Å². The van der Waals surface area contributed by atoms with Crippen molar-refractivity contribution in [2.45, 2.75) is 16.6 Å². The summed E-state index contributed by atoms with van der Waals surface area (Å²) in [6.45, 7) is 0.0687. The molecule has 0 spiro atoms. The molecule has 0 bridgehead atoms. The van der Waals surface area contributed by atoms with E-state index in [1.807, 2.05) is 23.5 Å². The van der Waals surface area contributed by atoms with Crippen LogP contribution >= 0.6 is 34.8 Å². The van der Waals surface area contributed by atoms with E-state index in [0.717, 1.165) is 5.56 Å². The third kappa shape index (κ3) is 5.46. The van der Waals surface area contributed by atoms with Gasteiger partial charge in [-0.3, -0.25) is 5.32 Å². The maximum atomic E-state index is 11.2. The first-order valence-electron chi connectivity index (χ1n) is 4.61. The van der Waals surface area contributed by atoms with Gasteiger partial charge in [-0.25, -0.2) is 4.79 Å². The molecule has 0 aliphatic rings. The lowest BCUT2D eigenvalue weighted by Gasteiger charge is -2.19. The Balaban J connectivity index is 2.36. The smallest absolute Gasteiger partial charge is 0.409 e. The second kappa shape index (κ2) is 6.31. The third-order valence-corrected chi connectivity index (χ3v) is 2.40. The number of hydrogen-bond donors (Lipinski definition) is 2. The first-order valence-corrected chi connectivity index (χ1v) is 5.75. The largest absolute Gasteiger partial charge is 0.445 e. The molecular weight excluding hydrogens is 288 g/mol. The maximum Gasteiger partial charge on any atom is 0.409 e. The highest BCUT2D eigenvalue weighted by atomic mass is 35.6. The molecule has 1 atom stereocenters. The molecule has 0 saturated heterocycles. The van der Waals surface area contributed by atoms with Crippen molar-refractivity contribution in [1.82, 2.24) is 5.32 Å². The van der Waals surface area contributed by atoms with Crippen molar-refractivity contribution in [1.29, 1.82) is 0 Å². The van der Waals surface area contributed by atoms with E-state index in [-0.39, 0.29) is 6.61 Å². The van der Waals surface area contributed by atoms with Gasteiger partial charge in [-0.2, -0.15) is 0 Å². The first-order chi connectivity index (χ1) is 7.89. The number of aliphatic hydroxyl groups excluding tert-OH is 1. The predicted molar refractivity (Wildman–Crippen MR) is 66.1 cm³/mol. The number of carbonyl (C=O) groups excluding carboxylic acids is 1. The number of alkyl halides is 3. The molecule has 0 heterocycles. The third-order valence-electron chi connectivity index (χ3n) is 1.78. The van der Waals surface area contributed by atoms with Crippen LogP contribution in [-0.4, -0.2) is 21.2 Å². The number of nitrogens with one attached hydrogen (secondary N) is 1. The fourth-order valence-electron chi connectivity index (χ4n) is 0.958. The van der Waals surface area contributed by atoms with E-state index >= 15 is 0 Å². The number of carbonyl (C=O) groups is 1. The molecule has 0 unspecified atom stereocenters. The Labute approximate surface area is 113 Å². The van der Waals surface area contributed by atoms with E-state index in [4.69, 9.17) is 39.5 Å². The molecule has 1 rings (SSSR count). The molecule has 1 aromatic carbocycles. The van der Waals surface area contributed by atoms with Gasteiger partial charge < -0.3 is 9.84 Å². The van der Waals surface area contributed by atoms with E-state index in [0.29, 0.717) is 0 Å². The zero-order chi connectivity index (χ0) is 12.9. The molecule has 1 amide bonds. The van der Waals surface area contributed by atoms with Crippen LogP contribution in [0.4, 0.5) is 4.79 Å². The van der Waals surface area contributed by atoms with Gasteiger partial charge in [-0.1, -0.05) is 65.1 Å². The summed E-state index contributed by atoms with van der Waals surface area (Å²) in [7, 11) is 0. The normalized spacial score (nSPS) is 12.9. The van der Waals surface area contributed by atoms with Crippen molar-refractivity contribution in [3.8, 4) is 0 Å². The molecule has 17 heavy (non-hydrogen) atoms. The van der Waals surface area contributed by atoms with Gasteiger partial charge in [0, 0.05) is 0 Å². The molecule has 0 aromatic heterocycles. The Morgan fingerprint density at radius 3 is 2.47 bits per heavy atom. The van der Waals surface area contributed by atoms with Gasteiger partial charge in [0.15, 0.2) is 6.23 Å². The van der Waals surface area contributed by atoms with Gasteiger partial charge in [0.2, 0.25) is 3.79 Å². The lowest BCUT2D eigenvalue weighted by molar-refractivity contribution is 0.0964. The minimum atomic E-state index is -1.99. The number of amides is 1. The van der Waals surface area contributed by atoms with Crippen LogP contribution in [0.25, 0.3) is 0 Å². The van der Waals surface area contributed by atoms with Crippen LogP contribution in [0, 0.1) is 0 Å². The topological polar surface area (TPSA) is 58.6 Å². The minimum absolute atomic E-state index is 0.0687. The number of ether oxygens (including phenoxy) is 1. The number of benzene rings is 1. The number of hydrogen-bond acceptors (Lipinski definition) is 3. The van der Waals surface area contributed by atoms with Crippen LogP contribution in [0.1, 0.15) is 5.56 Å². The lowest BCUT2D eigenvalue weighted by atomic mass is 10.2. The molecule has 0 radical (unpaired) electrons. The fourth-order valence-corrected chi connectivity index (χ4v) is 1.12. The average molecular weight is 299 g/mol. The lowest BCUT2D eigenvalue weighted by Crippen LogP contribution is -2.43. The molecule has 0 saturated carbocycles. The second-order valence-electron chi connectivity index (χ2n) is 3.15. The summed E-state index contributed by atoms with van der Waals surface area (Å²) in [6, 6.07) is 9.05. The number of rotatable bonds is 3. The summed E-state index contributed by atoms with van der Waals surface area (Å²) >= 11 is 16.1. The van der Waals surface area contributed by atoms with E-state index in [1.54, 1.807) is 12.1 Å². The van der Waals surface area contributed by atoms with Crippen molar-refractivity contribution in [3.63, 3.8) is 0 Å². The van der Waals surface area contributed by atoms with Gasteiger partial charge in [-0.15, -0.1) is 0 Å². The van der Waals surface area contributed by atoms with E-state index in [2.05, 4.69) is 0 Å². The highest BCUT2D eigenvalue weighted by Crippen LogP contribution is 2.28.